The van der Waals surface area contributed by atoms with Gasteiger partial charge in [-0.05, 0) is 33.6 Å². The van der Waals surface area contributed by atoms with E-state index in [1.165, 1.54) is 6.20 Å². The summed E-state index contributed by atoms with van der Waals surface area (Å²) in [4.78, 5) is 15.2. The minimum Gasteiger partial charge on any atom is -0.503 e. The molecule has 0 radical (unpaired) electrons. The van der Waals surface area contributed by atoms with Crippen molar-refractivity contribution >= 4 is 25.8 Å². The van der Waals surface area contributed by atoms with Crippen molar-refractivity contribution in [1.29, 1.82) is 0 Å². The van der Waals surface area contributed by atoms with E-state index in [1.807, 2.05) is 20.8 Å². The van der Waals surface area contributed by atoms with Gasteiger partial charge in [-0.15, -0.1) is 0 Å². The number of aromatic nitrogens is 5. The molecule has 1 unspecified atom stereocenters. The van der Waals surface area contributed by atoms with Crippen molar-refractivity contribution in [3.8, 4) is 17.1 Å². The Hall–Kier alpha value is -2.61. The molecule has 158 valence electrons. The fourth-order valence-electron chi connectivity index (χ4n) is 3.45. The number of anilines is 1. The monoisotopic (exact) mass is 427 g/mol. The summed E-state index contributed by atoms with van der Waals surface area (Å²) in [5.41, 5.74) is 2.00. The molecule has 0 amide bonds. The van der Waals surface area contributed by atoms with Crippen molar-refractivity contribution in [3.63, 3.8) is 0 Å². The third-order valence-corrected chi connectivity index (χ3v) is 5.21. The van der Waals surface area contributed by atoms with Gasteiger partial charge >= 0.3 is 0 Å². The second kappa shape index (κ2) is 8.26. The summed E-state index contributed by atoms with van der Waals surface area (Å²) in [6.07, 6.45) is 10.2. The summed E-state index contributed by atoms with van der Waals surface area (Å²) in [6, 6.07) is 0.105. The Kier molecular flexibility index (Phi) is 5.69. The number of likely N-dealkylation sites (tertiary alicyclic amines) is 1. The molecule has 1 saturated heterocycles. The maximum Gasteiger partial charge on any atom is 0.176 e. The van der Waals surface area contributed by atoms with Gasteiger partial charge in [0.2, 0.25) is 0 Å². The van der Waals surface area contributed by atoms with Crippen LogP contribution in [0.5, 0.6) is 5.75 Å². The van der Waals surface area contributed by atoms with Crippen molar-refractivity contribution in [2.45, 2.75) is 45.3 Å². The molecule has 9 nitrogen and oxygen atoms in total. The predicted molar refractivity (Wildman–Crippen MR) is 118 cm³/mol. The topological polar surface area (TPSA) is 101 Å². The third-order valence-electron chi connectivity index (χ3n) is 4.79. The molecule has 30 heavy (non-hydrogen) atoms. The standard InChI is InChI=1S/C20H26N7O2P/c1-20(2,3)29-19(30)26-7-4-5-13(12-26)24-18-16(28)11-22-17(25-18)14-9-23-27-8-6-21-10-15(14)27/h6,8-11,13,28,30H,4-5,7,12H2,1-3H3,(H,22,24,25). The van der Waals surface area contributed by atoms with Gasteiger partial charge in [-0.3, -0.25) is 4.98 Å². The number of hydrogen-bond donors (Lipinski definition) is 2. The average molecular weight is 427 g/mol. The molecule has 3 aromatic heterocycles. The molecule has 0 bridgehead atoms. The zero-order valence-corrected chi connectivity index (χ0v) is 18.3. The highest BCUT2D eigenvalue weighted by atomic mass is 31.0. The molecule has 0 saturated carbocycles. The largest absolute Gasteiger partial charge is 0.503 e. The zero-order valence-electron chi connectivity index (χ0n) is 17.3. The van der Waals surface area contributed by atoms with Crippen LogP contribution in [0.2, 0.25) is 0 Å². The molecule has 3 aromatic rings. The lowest BCUT2D eigenvalue weighted by Crippen LogP contribution is -2.46. The van der Waals surface area contributed by atoms with Gasteiger partial charge in [0, 0.05) is 31.5 Å². The van der Waals surface area contributed by atoms with E-state index in [4.69, 9.17) is 4.74 Å². The highest BCUT2D eigenvalue weighted by Crippen LogP contribution is 2.28. The van der Waals surface area contributed by atoms with E-state index in [2.05, 4.69) is 39.1 Å². The van der Waals surface area contributed by atoms with Gasteiger partial charge in [-0.1, -0.05) is 8.86 Å². The number of aromatic hydroxyl groups is 1. The van der Waals surface area contributed by atoms with Gasteiger partial charge in [0.25, 0.3) is 0 Å². The van der Waals surface area contributed by atoms with E-state index >= 15 is 0 Å². The highest BCUT2D eigenvalue weighted by Gasteiger charge is 2.26. The van der Waals surface area contributed by atoms with E-state index in [-0.39, 0.29) is 17.4 Å². The van der Waals surface area contributed by atoms with Gasteiger partial charge in [0.15, 0.2) is 17.4 Å². The van der Waals surface area contributed by atoms with E-state index in [1.54, 1.807) is 29.3 Å². The molecule has 1 aliphatic rings. The molecule has 2 N–H and O–H groups in total. The number of rotatable bonds is 5. The van der Waals surface area contributed by atoms with E-state index in [9.17, 15) is 5.11 Å². The molecule has 1 atom stereocenters. The van der Waals surface area contributed by atoms with E-state index in [0.29, 0.717) is 11.6 Å². The number of ether oxygens (including phenoxy) is 1. The average Bonchev–Trinajstić information content (AvgIpc) is 3.13. The molecule has 10 heteroatoms. The fraction of sp³-hybridized carbons (Fsp3) is 0.450. The molecule has 0 spiro atoms. The first-order chi connectivity index (χ1) is 14.3. The Balaban J connectivity index is 1.52. The van der Waals surface area contributed by atoms with Gasteiger partial charge in [0.05, 0.1) is 35.3 Å². The van der Waals surface area contributed by atoms with Gasteiger partial charge < -0.3 is 15.2 Å². The second-order valence-electron chi connectivity index (χ2n) is 8.34. The van der Waals surface area contributed by atoms with Crippen LogP contribution in [0.4, 0.5) is 5.82 Å². The number of piperidine rings is 1. The van der Waals surface area contributed by atoms with Gasteiger partial charge in [0.1, 0.15) is 5.60 Å². The number of fused-ring (bicyclic) bond motifs is 1. The molecule has 4 rings (SSSR count). The molecule has 1 fully saturated rings. The first-order valence-corrected chi connectivity index (χ1v) is 10.4. The summed E-state index contributed by atoms with van der Waals surface area (Å²) < 4.78 is 7.66. The fourth-order valence-corrected chi connectivity index (χ4v) is 3.95. The lowest BCUT2D eigenvalue weighted by Gasteiger charge is -2.35. The van der Waals surface area contributed by atoms with E-state index in [0.717, 1.165) is 42.6 Å². The van der Waals surface area contributed by atoms with Crippen LogP contribution in [-0.2, 0) is 4.74 Å². The summed E-state index contributed by atoms with van der Waals surface area (Å²) in [5.74, 6) is 0.899. The van der Waals surface area contributed by atoms with Crippen LogP contribution in [-0.4, -0.2) is 64.9 Å². The van der Waals surface area contributed by atoms with Crippen LogP contribution in [0.25, 0.3) is 16.9 Å². The number of hydrogen-bond acceptors (Lipinski definition) is 7. The number of nitrogens with zero attached hydrogens (tertiary/aromatic N) is 6. The summed E-state index contributed by atoms with van der Waals surface area (Å²) in [6.45, 7) is 7.69. The molecule has 0 aromatic carbocycles. The molecular formula is C20H26N7O2P. The lowest BCUT2D eigenvalue weighted by molar-refractivity contribution is 0.0887. The Morgan fingerprint density at radius 2 is 2.13 bits per heavy atom. The van der Waals surface area contributed by atoms with Crippen LogP contribution >= 0.6 is 8.86 Å². The Morgan fingerprint density at radius 3 is 2.93 bits per heavy atom. The lowest BCUT2D eigenvalue weighted by atomic mass is 10.1. The van der Waals surface area contributed by atoms with E-state index < -0.39 is 0 Å². The SMILES string of the molecule is CC(C)(C)OC(=P)N1CCCC(Nc2nc(-c3cnn4ccncc34)ncc2O)C1. The van der Waals surface area contributed by atoms with Gasteiger partial charge in [-0.25, -0.2) is 19.4 Å². The summed E-state index contributed by atoms with van der Waals surface area (Å²) >= 11 is 0. The normalized spacial score (nSPS) is 17.9. The van der Waals surface area contributed by atoms with Crippen molar-refractivity contribution in [2.24, 2.45) is 0 Å². The molecular weight excluding hydrogens is 401 g/mol. The van der Waals surface area contributed by atoms with Crippen molar-refractivity contribution in [3.05, 3.63) is 31.0 Å². The first kappa shape index (κ1) is 20.7. The van der Waals surface area contributed by atoms with Gasteiger partial charge in [-0.2, -0.15) is 5.10 Å². The van der Waals surface area contributed by atoms with Crippen LogP contribution in [0, 0.1) is 0 Å². The third kappa shape index (κ3) is 4.59. The zero-order chi connectivity index (χ0) is 21.3. The second-order valence-corrected chi connectivity index (χ2v) is 8.77. The Bertz CT molecular complexity index is 1060. The van der Waals surface area contributed by atoms with Crippen LogP contribution in [0.15, 0.2) is 31.0 Å². The maximum atomic E-state index is 10.3. The summed E-state index contributed by atoms with van der Waals surface area (Å²) in [7, 11) is 3.62. The van der Waals surface area contributed by atoms with Crippen molar-refractivity contribution in [2.75, 3.05) is 18.4 Å². The minimum absolute atomic E-state index is 0.0130. The Morgan fingerprint density at radius 1 is 1.30 bits per heavy atom. The van der Waals surface area contributed by atoms with Crippen molar-refractivity contribution < 1.29 is 9.84 Å². The number of nitrogens with one attached hydrogen (secondary N) is 1. The minimum atomic E-state index is -0.277. The van der Waals surface area contributed by atoms with Crippen molar-refractivity contribution in [1.82, 2.24) is 29.5 Å². The first-order valence-electron chi connectivity index (χ1n) is 9.93. The molecule has 0 aliphatic carbocycles. The van der Waals surface area contributed by atoms with Crippen LogP contribution in [0.3, 0.4) is 0 Å². The predicted octanol–water partition coefficient (Wildman–Crippen LogP) is 2.81. The molecule has 4 heterocycles. The highest BCUT2D eigenvalue weighted by molar-refractivity contribution is 7.20. The summed E-state index contributed by atoms with van der Waals surface area (Å²) in [5, 5.41) is 18.0. The van der Waals surface area contributed by atoms with Crippen LogP contribution in [0.1, 0.15) is 33.6 Å². The smallest absolute Gasteiger partial charge is 0.176 e. The van der Waals surface area contributed by atoms with Crippen LogP contribution < -0.4 is 5.32 Å². The Labute approximate surface area is 177 Å². The quantitative estimate of drug-likeness (QED) is 0.600. The molecule has 1 aliphatic heterocycles. The maximum absolute atomic E-state index is 10.3.